The maximum Gasteiger partial charge on any atom is 0.0781 e. The van der Waals surface area contributed by atoms with E-state index in [2.05, 4.69) is 44.8 Å². The fourth-order valence-corrected chi connectivity index (χ4v) is 2.31. The van der Waals surface area contributed by atoms with Crippen LogP contribution in [0.25, 0.3) is 0 Å². The summed E-state index contributed by atoms with van der Waals surface area (Å²) in [5.74, 6) is 0. The minimum Gasteiger partial charge on any atom is -0.283 e. The number of nitrogens with zero attached hydrogens (tertiary/aromatic N) is 2. The number of fused-ring (bicyclic) bond motifs is 1. The lowest BCUT2D eigenvalue weighted by atomic mass is 9.84. The van der Waals surface area contributed by atoms with Crippen LogP contribution in [0.15, 0.2) is 22.1 Å². The Morgan fingerprint density at radius 1 is 1.19 bits per heavy atom. The third-order valence-corrected chi connectivity index (χ3v) is 3.33. The van der Waals surface area contributed by atoms with Crippen molar-refractivity contribution in [2.75, 3.05) is 6.54 Å². The molecule has 0 spiro atoms. The van der Waals surface area contributed by atoms with E-state index in [9.17, 15) is 0 Å². The Bertz CT molecular complexity index is 370. The molecule has 0 aromatic rings. The predicted molar refractivity (Wildman–Crippen MR) is 70.6 cm³/mol. The Morgan fingerprint density at radius 2 is 1.94 bits per heavy atom. The van der Waals surface area contributed by atoms with E-state index in [0.29, 0.717) is 5.41 Å². The van der Waals surface area contributed by atoms with Gasteiger partial charge in [0.25, 0.3) is 0 Å². The second kappa shape index (κ2) is 3.83. The van der Waals surface area contributed by atoms with Gasteiger partial charge < -0.3 is 0 Å². The molecule has 1 aliphatic heterocycles. The van der Waals surface area contributed by atoms with Gasteiger partial charge in [-0.2, -0.15) is 0 Å². The molecule has 0 saturated heterocycles. The second-order valence-electron chi connectivity index (χ2n) is 6.34. The Kier molecular flexibility index (Phi) is 2.77. The molecule has 2 rings (SSSR count). The van der Waals surface area contributed by atoms with E-state index in [-0.39, 0.29) is 5.54 Å². The zero-order chi connectivity index (χ0) is 11.8. The van der Waals surface area contributed by atoms with Crippen molar-refractivity contribution in [2.45, 2.75) is 52.5 Å². The molecule has 0 unspecified atom stereocenters. The number of allylic oxidation sites excluding steroid dienone is 2. The summed E-state index contributed by atoms with van der Waals surface area (Å²) >= 11 is 0. The van der Waals surface area contributed by atoms with Crippen LogP contribution in [0.3, 0.4) is 0 Å². The van der Waals surface area contributed by atoms with Crippen molar-refractivity contribution in [1.82, 2.24) is 0 Å². The predicted octanol–water partition coefficient (Wildman–Crippen LogP) is 3.43. The summed E-state index contributed by atoms with van der Waals surface area (Å²) in [5, 5.41) is 0. The van der Waals surface area contributed by atoms with Crippen LogP contribution in [0.2, 0.25) is 0 Å². The van der Waals surface area contributed by atoms with E-state index >= 15 is 0 Å². The maximum atomic E-state index is 4.92. The van der Waals surface area contributed by atoms with Gasteiger partial charge in [-0.3, -0.25) is 9.98 Å². The molecule has 0 aromatic carbocycles. The molecule has 2 nitrogen and oxygen atoms in total. The topological polar surface area (TPSA) is 24.7 Å². The van der Waals surface area contributed by atoms with Gasteiger partial charge in [0.15, 0.2) is 0 Å². The molecule has 16 heavy (non-hydrogen) atoms. The number of hydrogen-bond donors (Lipinski definition) is 0. The van der Waals surface area contributed by atoms with Crippen LogP contribution in [0.1, 0.15) is 47.0 Å². The smallest absolute Gasteiger partial charge is 0.0781 e. The van der Waals surface area contributed by atoms with Crippen LogP contribution >= 0.6 is 0 Å². The molecule has 0 N–H and O–H groups in total. The molecule has 0 saturated carbocycles. The van der Waals surface area contributed by atoms with Crippen molar-refractivity contribution in [2.24, 2.45) is 15.4 Å². The molecule has 0 radical (unpaired) electrons. The molecule has 2 heteroatoms. The van der Waals surface area contributed by atoms with Gasteiger partial charge in [-0.1, -0.05) is 19.9 Å². The normalized spacial score (nSPS) is 27.2. The summed E-state index contributed by atoms with van der Waals surface area (Å²) in [5.41, 5.74) is 2.69. The lowest BCUT2D eigenvalue weighted by Gasteiger charge is -2.24. The number of aliphatic imine (C=N–C) groups is 2. The summed E-state index contributed by atoms with van der Waals surface area (Å²) in [6.07, 6.45) is 7.62. The maximum absolute atomic E-state index is 4.92. The van der Waals surface area contributed by atoms with Crippen LogP contribution in [-0.2, 0) is 0 Å². The molecule has 0 bridgehead atoms. The summed E-state index contributed by atoms with van der Waals surface area (Å²) in [6.45, 7) is 9.93. The first-order valence-corrected chi connectivity index (χ1v) is 6.18. The Labute approximate surface area is 98.6 Å². The van der Waals surface area contributed by atoms with E-state index in [1.165, 1.54) is 5.71 Å². The molecular formula is C14H22N2. The highest BCUT2D eigenvalue weighted by Gasteiger charge is 2.28. The molecular weight excluding hydrogens is 196 g/mol. The zero-order valence-corrected chi connectivity index (χ0v) is 10.9. The molecule has 0 amide bonds. The molecule has 1 aliphatic carbocycles. The molecule has 0 atom stereocenters. The van der Waals surface area contributed by atoms with E-state index in [0.717, 1.165) is 31.5 Å². The first kappa shape index (κ1) is 11.6. The highest BCUT2D eigenvalue weighted by atomic mass is 14.9. The van der Waals surface area contributed by atoms with Gasteiger partial charge in [-0.05, 0) is 44.6 Å². The lowest BCUT2D eigenvalue weighted by Crippen LogP contribution is -2.24. The van der Waals surface area contributed by atoms with E-state index in [1.807, 2.05) is 0 Å². The Morgan fingerprint density at radius 3 is 2.69 bits per heavy atom. The highest BCUT2D eigenvalue weighted by molar-refractivity contribution is 6.47. The fourth-order valence-electron chi connectivity index (χ4n) is 2.31. The summed E-state index contributed by atoms with van der Waals surface area (Å²) < 4.78 is 0. The monoisotopic (exact) mass is 218 g/mol. The minimum atomic E-state index is 0.0504. The average molecular weight is 218 g/mol. The van der Waals surface area contributed by atoms with Gasteiger partial charge in [0, 0.05) is 6.54 Å². The van der Waals surface area contributed by atoms with Crippen LogP contribution in [0.5, 0.6) is 0 Å². The SMILES string of the molecule is CC1(C)CC=CC2=NCCC(C)(C)N=C2C1. The first-order valence-electron chi connectivity index (χ1n) is 6.18. The van der Waals surface area contributed by atoms with E-state index < -0.39 is 0 Å². The van der Waals surface area contributed by atoms with Crippen molar-refractivity contribution in [3.8, 4) is 0 Å². The third kappa shape index (κ3) is 2.60. The third-order valence-electron chi connectivity index (χ3n) is 3.33. The van der Waals surface area contributed by atoms with Crippen LogP contribution < -0.4 is 0 Å². The molecule has 1 heterocycles. The van der Waals surface area contributed by atoms with Crippen LogP contribution in [-0.4, -0.2) is 23.5 Å². The molecule has 0 fully saturated rings. The minimum absolute atomic E-state index is 0.0504. The van der Waals surface area contributed by atoms with Crippen molar-refractivity contribution in [3.05, 3.63) is 12.2 Å². The average Bonchev–Trinajstić information content (AvgIpc) is 2.31. The van der Waals surface area contributed by atoms with Gasteiger partial charge in [0.05, 0.1) is 17.0 Å². The molecule has 88 valence electrons. The van der Waals surface area contributed by atoms with Gasteiger partial charge in [0.1, 0.15) is 0 Å². The van der Waals surface area contributed by atoms with E-state index in [4.69, 9.17) is 4.99 Å². The summed E-state index contributed by atoms with van der Waals surface area (Å²) in [7, 11) is 0. The van der Waals surface area contributed by atoms with Crippen molar-refractivity contribution >= 4 is 11.4 Å². The first-order chi connectivity index (χ1) is 7.38. The molecule has 2 aliphatic rings. The van der Waals surface area contributed by atoms with Crippen LogP contribution in [0, 0.1) is 5.41 Å². The number of hydrogen-bond acceptors (Lipinski definition) is 2. The highest BCUT2D eigenvalue weighted by Crippen LogP contribution is 2.31. The summed E-state index contributed by atoms with van der Waals surface area (Å²) in [4.78, 5) is 9.59. The zero-order valence-electron chi connectivity index (χ0n) is 10.9. The van der Waals surface area contributed by atoms with Crippen molar-refractivity contribution in [1.29, 1.82) is 0 Å². The van der Waals surface area contributed by atoms with Gasteiger partial charge in [-0.15, -0.1) is 0 Å². The quantitative estimate of drug-likeness (QED) is 0.595. The van der Waals surface area contributed by atoms with E-state index in [1.54, 1.807) is 0 Å². The molecule has 0 aromatic heterocycles. The Hall–Kier alpha value is -0.920. The standard InChI is InChI=1S/C14H22N2/c1-13(2)7-5-6-11-12(10-13)16-14(3,4)8-9-15-11/h5-6H,7-10H2,1-4H3. The fraction of sp³-hybridized carbons (Fsp3) is 0.714. The summed E-state index contributed by atoms with van der Waals surface area (Å²) in [6, 6.07) is 0. The van der Waals surface area contributed by atoms with Gasteiger partial charge in [-0.25, -0.2) is 0 Å². The van der Waals surface area contributed by atoms with Gasteiger partial charge in [0.2, 0.25) is 0 Å². The van der Waals surface area contributed by atoms with Crippen molar-refractivity contribution in [3.63, 3.8) is 0 Å². The van der Waals surface area contributed by atoms with Gasteiger partial charge >= 0.3 is 0 Å². The van der Waals surface area contributed by atoms with Crippen molar-refractivity contribution < 1.29 is 0 Å². The second-order valence-corrected chi connectivity index (χ2v) is 6.34. The lowest BCUT2D eigenvalue weighted by molar-refractivity contribution is 0.389. The number of rotatable bonds is 0. The largest absolute Gasteiger partial charge is 0.283 e. The van der Waals surface area contributed by atoms with Crippen LogP contribution in [0.4, 0.5) is 0 Å². The Balaban J connectivity index is 2.39.